The van der Waals surface area contributed by atoms with Crippen molar-refractivity contribution in [2.45, 2.75) is 44.8 Å². The fraction of sp³-hybridized carbons (Fsp3) is 0.700. The first-order valence-corrected chi connectivity index (χ1v) is 11.8. The Bertz CT molecular complexity index is 853. The Hall–Kier alpha value is -1.73. The van der Waals surface area contributed by atoms with E-state index in [9.17, 15) is 14.7 Å². The van der Waals surface area contributed by atoms with Crippen LogP contribution in [-0.2, 0) is 14.4 Å². The van der Waals surface area contributed by atoms with E-state index in [1.165, 1.54) is 0 Å². The third-order valence-electron chi connectivity index (χ3n) is 6.34. The van der Waals surface area contributed by atoms with Gasteiger partial charge < -0.3 is 24.9 Å². The van der Waals surface area contributed by atoms with Gasteiger partial charge >= 0.3 is 0 Å². The largest absolute Gasteiger partial charge is 0.396 e. The SMILES string of the molecule is Cc1[nH]nc(C(=O)N[C@@H]2CCN(C(=O)C3CC(C4CCOCC4)=NO3)C[C@H]2CO)c1I. The maximum absolute atomic E-state index is 13.0. The van der Waals surface area contributed by atoms with Gasteiger partial charge in [0.05, 0.1) is 9.28 Å². The van der Waals surface area contributed by atoms with Crippen LogP contribution in [-0.4, -0.2) is 82.8 Å². The number of aliphatic hydroxyl groups excluding tert-OH is 1. The highest BCUT2D eigenvalue weighted by Crippen LogP contribution is 2.26. The van der Waals surface area contributed by atoms with Crippen LogP contribution in [0.4, 0.5) is 0 Å². The number of nitrogens with one attached hydrogen (secondary N) is 2. The molecule has 2 amide bonds. The molecule has 11 heteroatoms. The number of aromatic nitrogens is 2. The van der Waals surface area contributed by atoms with Crippen LogP contribution in [0.5, 0.6) is 0 Å². The van der Waals surface area contributed by atoms with Gasteiger partial charge in [0.15, 0.2) is 5.69 Å². The number of carbonyl (C=O) groups is 2. The molecule has 4 heterocycles. The van der Waals surface area contributed by atoms with Crippen molar-refractivity contribution in [2.75, 3.05) is 32.9 Å². The molecule has 0 spiro atoms. The second-order valence-corrected chi connectivity index (χ2v) is 9.45. The molecule has 4 rings (SSSR count). The monoisotopic (exact) mass is 545 g/mol. The number of oxime groups is 1. The molecule has 3 aliphatic heterocycles. The third-order valence-corrected chi connectivity index (χ3v) is 7.66. The number of aromatic amines is 1. The molecule has 3 atom stereocenters. The molecular formula is C20H28IN5O5. The first-order valence-electron chi connectivity index (χ1n) is 10.7. The van der Waals surface area contributed by atoms with Crippen molar-refractivity contribution in [1.82, 2.24) is 20.4 Å². The van der Waals surface area contributed by atoms with E-state index in [-0.39, 0.29) is 30.4 Å². The molecule has 0 saturated carbocycles. The van der Waals surface area contributed by atoms with Gasteiger partial charge in [-0.05, 0) is 48.8 Å². The molecule has 170 valence electrons. The number of ether oxygens (including phenoxy) is 1. The van der Waals surface area contributed by atoms with E-state index in [4.69, 9.17) is 9.57 Å². The first kappa shape index (κ1) is 22.5. The molecule has 10 nitrogen and oxygen atoms in total. The normalized spacial score (nSPS) is 27.0. The summed E-state index contributed by atoms with van der Waals surface area (Å²) in [7, 11) is 0. The van der Waals surface area contributed by atoms with E-state index in [0.717, 1.165) is 41.0 Å². The van der Waals surface area contributed by atoms with E-state index in [1.54, 1.807) is 4.90 Å². The van der Waals surface area contributed by atoms with Gasteiger partial charge in [-0.25, -0.2) is 0 Å². The van der Waals surface area contributed by atoms with Gasteiger partial charge in [-0.15, -0.1) is 0 Å². The highest BCUT2D eigenvalue weighted by atomic mass is 127. The second kappa shape index (κ2) is 9.82. The van der Waals surface area contributed by atoms with Crippen molar-refractivity contribution in [2.24, 2.45) is 17.0 Å². The third kappa shape index (κ3) is 4.87. The minimum atomic E-state index is -0.600. The minimum Gasteiger partial charge on any atom is -0.396 e. The van der Waals surface area contributed by atoms with Crippen molar-refractivity contribution in [1.29, 1.82) is 0 Å². The lowest BCUT2D eigenvalue weighted by Crippen LogP contribution is -2.55. The average molecular weight is 545 g/mol. The molecule has 0 aliphatic carbocycles. The van der Waals surface area contributed by atoms with Crippen LogP contribution in [0.25, 0.3) is 0 Å². The zero-order valence-electron chi connectivity index (χ0n) is 17.5. The summed E-state index contributed by atoms with van der Waals surface area (Å²) in [5.41, 5.74) is 2.14. The van der Waals surface area contributed by atoms with Gasteiger partial charge in [0, 0.05) is 62.9 Å². The Labute approximate surface area is 194 Å². The average Bonchev–Trinajstić information content (AvgIpc) is 3.41. The van der Waals surface area contributed by atoms with Gasteiger partial charge in [-0.2, -0.15) is 5.10 Å². The predicted octanol–water partition coefficient (Wildman–Crippen LogP) is 0.833. The lowest BCUT2D eigenvalue weighted by Gasteiger charge is -2.38. The fourth-order valence-electron chi connectivity index (χ4n) is 4.41. The number of H-pyrrole nitrogens is 1. The Morgan fingerprint density at radius 2 is 2.10 bits per heavy atom. The van der Waals surface area contributed by atoms with E-state index in [2.05, 4.69) is 43.3 Å². The van der Waals surface area contributed by atoms with Crippen molar-refractivity contribution in [3.63, 3.8) is 0 Å². The number of aliphatic hydroxyl groups is 1. The number of amides is 2. The van der Waals surface area contributed by atoms with Crippen LogP contribution < -0.4 is 5.32 Å². The Morgan fingerprint density at radius 3 is 2.77 bits per heavy atom. The van der Waals surface area contributed by atoms with E-state index < -0.39 is 6.10 Å². The molecule has 0 aromatic carbocycles. The summed E-state index contributed by atoms with van der Waals surface area (Å²) in [4.78, 5) is 32.8. The molecule has 31 heavy (non-hydrogen) atoms. The van der Waals surface area contributed by atoms with Gasteiger partial charge in [0.2, 0.25) is 6.10 Å². The number of hydrogen-bond acceptors (Lipinski definition) is 7. The topological polar surface area (TPSA) is 129 Å². The Kier molecular flexibility index (Phi) is 7.12. The quantitative estimate of drug-likeness (QED) is 0.471. The summed E-state index contributed by atoms with van der Waals surface area (Å²) >= 11 is 2.09. The lowest BCUT2D eigenvalue weighted by atomic mass is 9.90. The van der Waals surface area contributed by atoms with Gasteiger partial charge in [0.1, 0.15) is 0 Å². The van der Waals surface area contributed by atoms with Crippen LogP contribution >= 0.6 is 22.6 Å². The molecule has 3 aliphatic rings. The summed E-state index contributed by atoms with van der Waals surface area (Å²) < 4.78 is 6.18. The van der Waals surface area contributed by atoms with Gasteiger partial charge in [-0.1, -0.05) is 5.16 Å². The standard InChI is InChI=1S/C20H28IN5O5/c1-11-17(21)18(24-23-11)19(28)22-14-2-5-26(9-13(14)10-27)20(29)16-8-15(25-31-16)12-3-6-30-7-4-12/h12-14,16,27H,2-10H2,1H3,(H,22,28)(H,23,24)/t13-,14+,16?/m0/s1. The first-order chi connectivity index (χ1) is 15.0. The molecule has 1 aromatic heterocycles. The zero-order chi connectivity index (χ0) is 22.0. The summed E-state index contributed by atoms with van der Waals surface area (Å²) in [5, 5.41) is 23.9. The highest BCUT2D eigenvalue weighted by Gasteiger charge is 2.39. The summed E-state index contributed by atoms with van der Waals surface area (Å²) in [6.45, 7) is 4.02. The molecule has 2 saturated heterocycles. The second-order valence-electron chi connectivity index (χ2n) is 8.37. The number of carbonyl (C=O) groups excluding carboxylic acids is 2. The molecule has 0 bridgehead atoms. The molecule has 1 aromatic rings. The molecular weight excluding hydrogens is 517 g/mol. The van der Waals surface area contributed by atoms with Crippen LogP contribution in [0.15, 0.2) is 5.16 Å². The van der Waals surface area contributed by atoms with Crippen molar-refractivity contribution in [3.05, 3.63) is 15.0 Å². The molecule has 1 unspecified atom stereocenters. The van der Waals surface area contributed by atoms with E-state index in [1.807, 2.05) is 6.92 Å². The molecule has 0 radical (unpaired) electrons. The maximum Gasteiger partial charge on any atom is 0.273 e. The van der Waals surface area contributed by atoms with E-state index >= 15 is 0 Å². The number of rotatable bonds is 5. The number of nitrogens with zero attached hydrogens (tertiary/aromatic N) is 3. The number of likely N-dealkylation sites (tertiary alicyclic amines) is 1. The van der Waals surface area contributed by atoms with Gasteiger partial charge in [-0.3, -0.25) is 14.7 Å². The maximum atomic E-state index is 13.0. The highest BCUT2D eigenvalue weighted by molar-refractivity contribution is 14.1. The van der Waals surface area contributed by atoms with Crippen LogP contribution in [0.3, 0.4) is 0 Å². The summed E-state index contributed by atoms with van der Waals surface area (Å²) in [5.74, 6) is -0.306. The molecule has 3 N–H and O–H groups in total. The van der Waals surface area contributed by atoms with Gasteiger partial charge in [0.25, 0.3) is 11.8 Å². The van der Waals surface area contributed by atoms with E-state index in [0.29, 0.717) is 37.5 Å². The van der Waals surface area contributed by atoms with Crippen molar-refractivity contribution in [3.8, 4) is 0 Å². The van der Waals surface area contributed by atoms with Crippen molar-refractivity contribution >= 4 is 40.1 Å². The number of hydrogen-bond donors (Lipinski definition) is 3. The number of aryl methyl sites for hydroxylation is 1. The lowest BCUT2D eigenvalue weighted by molar-refractivity contribution is -0.144. The number of piperidine rings is 1. The predicted molar refractivity (Wildman–Crippen MR) is 120 cm³/mol. The summed E-state index contributed by atoms with van der Waals surface area (Å²) in [6.07, 6.45) is 2.30. The van der Waals surface area contributed by atoms with Crippen LogP contribution in [0.2, 0.25) is 0 Å². The van der Waals surface area contributed by atoms with Crippen molar-refractivity contribution < 1.29 is 24.3 Å². The minimum absolute atomic E-state index is 0.105. The van der Waals surface area contributed by atoms with Crippen LogP contribution in [0.1, 0.15) is 41.9 Å². The zero-order valence-corrected chi connectivity index (χ0v) is 19.6. The van der Waals surface area contributed by atoms with Crippen LogP contribution in [0, 0.1) is 22.3 Å². The smallest absolute Gasteiger partial charge is 0.273 e. The summed E-state index contributed by atoms with van der Waals surface area (Å²) in [6, 6.07) is -0.229. The Morgan fingerprint density at radius 1 is 1.32 bits per heavy atom. The molecule has 2 fully saturated rings. The number of halogens is 1. The fourth-order valence-corrected chi connectivity index (χ4v) is 4.90. The Balaban J connectivity index is 1.31.